The molecule has 1 amide bonds. The van der Waals surface area contributed by atoms with Gasteiger partial charge in [-0.3, -0.25) is 9.69 Å². The van der Waals surface area contributed by atoms with Crippen molar-refractivity contribution >= 4 is 22.4 Å². The van der Waals surface area contributed by atoms with Gasteiger partial charge in [0.1, 0.15) is 5.75 Å². The number of likely N-dealkylation sites (N-methyl/N-ethyl adjacent to an activating group) is 1. The molecule has 27 heavy (non-hydrogen) atoms. The van der Waals surface area contributed by atoms with Crippen LogP contribution >= 0.6 is 11.3 Å². The average molecular weight is 401 g/mol. The predicted molar refractivity (Wildman–Crippen MR) is 99.1 cm³/mol. The zero-order valence-electron chi connectivity index (χ0n) is 15.6. The molecule has 0 aliphatic carbocycles. The first-order chi connectivity index (χ1) is 12.6. The van der Waals surface area contributed by atoms with Crippen LogP contribution in [0.4, 0.5) is 18.3 Å². The molecular weight excluding hydrogens is 379 g/mol. The van der Waals surface area contributed by atoms with E-state index in [-0.39, 0.29) is 11.7 Å². The molecule has 1 heterocycles. The van der Waals surface area contributed by atoms with E-state index in [0.717, 1.165) is 5.56 Å². The number of alkyl halides is 3. The summed E-state index contributed by atoms with van der Waals surface area (Å²) in [5.74, 6) is 0.0688. The summed E-state index contributed by atoms with van der Waals surface area (Å²) in [4.78, 5) is 18.2. The number of aryl methyl sites for hydroxylation is 2. The normalized spacial score (nSPS) is 12.9. The minimum atomic E-state index is -4.38. The summed E-state index contributed by atoms with van der Waals surface area (Å²) in [6, 6.07) is 3.15. The van der Waals surface area contributed by atoms with Gasteiger partial charge in [0.15, 0.2) is 11.7 Å². The Kier molecular flexibility index (Phi) is 6.83. The SMILES string of the molecule is Cc1cc(CN(C)C(C)C(=O)Nc2nccs2)cc(C)c1OCC(F)(F)F. The van der Waals surface area contributed by atoms with Crippen molar-refractivity contribution in [1.82, 2.24) is 9.88 Å². The van der Waals surface area contributed by atoms with Gasteiger partial charge in [0, 0.05) is 18.1 Å². The molecule has 0 spiro atoms. The summed E-state index contributed by atoms with van der Waals surface area (Å²) >= 11 is 1.34. The molecule has 2 aromatic rings. The molecule has 1 aromatic heterocycles. The van der Waals surface area contributed by atoms with Crippen molar-refractivity contribution in [2.24, 2.45) is 0 Å². The number of benzene rings is 1. The number of thiazole rings is 1. The molecule has 1 N–H and O–H groups in total. The molecule has 1 atom stereocenters. The summed E-state index contributed by atoms with van der Waals surface area (Å²) in [5, 5.41) is 5.07. The third-order valence-corrected chi connectivity index (χ3v) is 4.72. The van der Waals surface area contributed by atoms with Crippen molar-refractivity contribution in [2.45, 2.75) is 39.5 Å². The lowest BCUT2D eigenvalue weighted by molar-refractivity contribution is -0.153. The van der Waals surface area contributed by atoms with Crippen LogP contribution in [-0.2, 0) is 11.3 Å². The molecule has 2 rings (SSSR count). The van der Waals surface area contributed by atoms with Crippen LogP contribution in [0.2, 0.25) is 0 Å². The Morgan fingerprint density at radius 1 is 1.33 bits per heavy atom. The second-order valence-electron chi connectivity index (χ2n) is 6.38. The van der Waals surface area contributed by atoms with Crippen molar-refractivity contribution in [3.63, 3.8) is 0 Å². The number of halogens is 3. The van der Waals surface area contributed by atoms with Crippen LogP contribution in [0.15, 0.2) is 23.7 Å². The molecule has 0 aliphatic rings. The number of carbonyl (C=O) groups excluding carboxylic acids is 1. The molecule has 0 fully saturated rings. The topological polar surface area (TPSA) is 54.5 Å². The highest BCUT2D eigenvalue weighted by Gasteiger charge is 2.29. The van der Waals surface area contributed by atoms with Crippen LogP contribution in [0.25, 0.3) is 0 Å². The van der Waals surface area contributed by atoms with Crippen LogP contribution in [0.1, 0.15) is 23.6 Å². The summed E-state index contributed by atoms with van der Waals surface area (Å²) in [5.41, 5.74) is 2.14. The van der Waals surface area contributed by atoms with Gasteiger partial charge in [-0.05, 0) is 44.5 Å². The number of anilines is 1. The van der Waals surface area contributed by atoms with E-state index < -0.39 is 18.8 Å². The first kappa shape index (κ1) is 21.2. The van der Waals surface area contributed by atoms with E-state index in [4.69, 9.17) is 4.74 Å². The Labute approximate surface area is 160 Å². The van der Waals surface area contributed by atoms with Gasteiger partial charge in [0.25, 0.3) is 0 Å². The zero-order chi connectivity index (χ0) is 20.2. The van der Waals surface area contributed by atoms with Gasteiger partial charge in [-0.2, -0.15) is 13.2 Å². The minimum absolute atomic E-state index is 0.175. The van der Waals surface area contributed by atoms with Crippen LogP contribution in [0.5, 0.6) is 5.75 Å². The van der Waals surface area contributed by atoms with Crippen molar-refractivity contribution in [1.29, 1.82) is 0 Å². The first-order valence-electron chi connectivity index (χ1n) is 8.27. The molecule has 0 saturated heterocycles. The summed E-state index contributed by atoms with van der Waals surface area (Å²) in [7, 11) is 1.81. The van der Waals surface area contributed by atoms with E-state index in [1.54, 1.807) is 44.5 Å². The van der Waals surface area contributed by atoms with E-state index in [0.29, 0.717) is 22.8 Å². The summed E-state index contributed by atoms with van der Waals surface area (Å²) in [6.07, 6.45) is -2.76. The second kappa shape index (κ2) is 8.71. The molecule has 0 radical (unpaired) electrons. The number of amides is 1. The fourth-order valence-corrected chi connectivity index (χ4v) is 3.16. The lowest BCUT2D eigenvalue weighted by Crippen LogP contribution is -2.39. The van der Waals surface area contributed by atoms with E-state index >= 15 is 0 Å². The van der Waals surface area contributed by atoms with Crippen LogP contribution in [-0.4, -0.2) is 41.7 Å². The van der Waals surface area contributed by atoms with Gasteiger partial charge in [0.05, 0.1) is 6.04 Å². The maximum Gasteiger partial charge on any atom is 0.422 e. The number of hydrogen-bond donors (Lipinski definition) is 1. The monoisotopic (exact) mass is 401 g/mol. The fraction of sp³-hybridized carbons (Fsp3) is 0.444. The Hall–Kier alpha value is -2.13. The number of rotatable bonds is 7. The maximum atomic E-state index is 12.4. The Morgan fingerprint density at radius 2 is 1.96 bits per heavy atom. The molecular formula is C18H22F3N3O2S. The van der Waals surface area contributed by atoms with Gasteiger partial charge in [-0.15, -0.1) is 11.3 Å². The lowest BCUT2D eigenvalue weighted by atomic mass is 10.0. The van der Waals surface area contributed by atoms with Crippen molar-refractivity contribution in [3.8, 4) is 5.75 Å². The van der Waals surface area contributed by atoms with E-state index in [2.05, 4.69) is 10.3 Å². The van der Waals surface area contributed by atoms with Crippen LogP contribution in [0.3, 0.4) is 0 Å². The predicted octanol–water partition coefficient (Wildman–Crippen LogP) is 4.16. The van der Waals surface area contributed by atoms with Crippen molar-refractivity contribution in [3.05, 3.63) is 40.4 Å². The third-order valence-electron chi connectivity index (χ3n) is 4.04. The van der Waals surface area contributed by atoms with Gasteiger partial charge in [-0.1, -0.05) is 12.1 Å². The lowest BCUT2D eigenvalue weighted by Gasteiger charge is -2.24. The van der Waals surface area contributed by atoms with Crippen LogP contribution < -0.4 is 10.1 Å². The molecule has 0 aliphatic heterocycles. The average Bonchev–Trinajstić information content (AvgIpc) is 3.05. The fourth-order valence-electron chi connectivity index (χ4n) is 2.63. The number of carbonyl (C=O) groups is 1. The molecule has 1 unspecified atom stereocenters. The van der Waals surface area contributed by atoms with Crippen molar-refractivity contribution in [2.75, 3.05) is 19.0 Å². The van der Waals surface area contributed by atoms with Gasteiger partial charge < -0.3 is 10.1 Å². The first-order valence-corrected chi connectivity index (χ1v) is 9.15. The molecule has 0 bridgehead atoms. The van der Waals surface area contributed by atoms with Gasteiger partial charge in [0.2, 0.25) is 5.91 Å². The van der Waals surface area contributed by atoms with Crippen LogP contribution in [0, 0.1) is 13.8 Å². The standard InChI is InChI=1S/C18H22F3N3O2S/c1-11-7-14(8-12(2)15(11)26-10-18(19,20)21)9-24(4)13(3)16(25)23-17-22-5-6-27-17/h5-8,13H,9-10H2,1-4H3,(H,22,23,25). The number of hydrogen-bond acceptors (Lipinski definition) is 5. The summed E-state index contributed by atoms with van der Waals surface area (Å²) < 4.78 is 42.1. The summed E-state index contributed by atoms with van der Waals surface area (Å²) in [6.45, 7) is 4.35. The third kappa shape index (κ3) is 6.21. The molecule has 5 nitrogen and oxygen atoms in total. The largest absolute Gasteiger partial charge is 0.484 e. The Morgan fingerprint density at radius 3 is 2.48 bits per heavy atom. The highest BCUT2D eigenvalue weighted by Crippen LogP contribution is 2.27. The minimum Gasteiger partial charge on any atom is -0.484 e. The number of aromatic nitrogens is 1. The quantitative estimate of drug-likeness (QED) is 0.757. The highest BCUT2D eigenvalue weighted by molar-refractivity contribution is 7.13. The Balaban J connectivity index is 2.02. The number of ether oxygens (including phenoxy) is 1. The molecule has 148 valence electrons. The zero-order valence-corrected chi connectivity index (χ0v) is 16.4. The maximum absolute atomic E-state index is 12.4. The second-order valence-corrected chi connectivity index (χ2v) is 7.27. The van der Waals surface area contributed by atoms with Crippen molar-refractivity contribution < 1.29 is 22.7 Å². The highest BCUT2D eigenvalue weighted by atomic mass is 32.1. The molecule has 0 saturated carbocycles. The van der Waals surface area contributed by atoms with Gasteiger partial charge >= 0.3 is 6.18 Å². The van der Waals surface area contributed by atoms with E-state index in [9.17, 15) is 18.0 Å². The molecule has 1 aromatic carbocycles. The van der Waals surface area contributed by atoms with E-state index in [1.807, 2.05) is 11.9 Å². The van der Waals surface area contributed by atoms with E-state index in [1.165, 1.54) is 11.3 Å². The smallest absolute Gasteiger partial charge is 0.422 e. The Bertz CT molecular complexity index is 756. The molecule has 9 heteroatoms. The van der Waals surface area contributed by atoms with Gasteiger partial charge in [-0.25, -0.2) is 4.98 Å². The number of nitrogens with zero attached hydrogens (tertiary/aromatic N) is 2. The number of nitrogens with one attached hydrogen (secondary N) is 1.